The van der Waals surface area contributed by atoms with Crippen molar-refractivity contribution in [3.63, 3.8) is 0 Å². The molecule has 9 nitrogen and oxygen atoms in total. The quantitative estimate of drug-likeness (QED) is 0.418. The molecule has 1 unspecified atom stereocenters. The Bertz CT molecular complexity index is 1550. The lowest BCUT2D eigenvalue weighted by Crippen LogP contribution is -2.40. The minimum absolute atomic E-state index is 0.186. The lowest BCUT2D eigenvalue weighted by molar-refractivity contribution is -0.139. The number of allylic oxidation sites excluding steroid dienone is 1. The van der Waals surface area contributed by atoms with E-state index in [2.05, 4.69) is 4.99 Å². The van der Waals surface area contributed by atoms with Crippen LogP contribution in [0.5, 0.6) is 23.0 Å². The first-order valence-electron chi connectivity index (χ1n) is 11.5. The van der Waals surface area contributed by atoms with Crippen LogP contribution in [0.4, 0.5) is 0 Å². The van der Waals surface area contributed by atoms with Crippen molar-refractivity contribution in [2.75, 3.05) is 35.0 Å². The standard InChI is InChI=1S/C27H28N2O7S/c1-7-36-26(31)23-15(2)28-27-29(24(23)18-10-9-17(32-3)14-20(18)34-5)25(30)22(37-27)13-16-8-11-19(33-4)21(12-16)35-6/h8-14,24H,7H2,1-6H3. The average molecular weight is 525 g/mol. The van der Waals surface area contributed by atoms with Gasteiger partial charge in [0.1, 0.15) is 17.5 Å². The van der Waals surface area contributed by atoms with E-state index in [9.17, 15) is 9.59 Å². The van der Waals surface area contributed by atoms with Gasteiger partial charge in [0.25, 0.3) is 5.56 Å². The Morgan fingerprint density at radius 3 is 2.38 bits per heavy atom. The lowest BCUT2D eigenvalue weighted by Gasteiger charge is -2.26. The number of hydrogen-bond acceptors (Lipinski definition) is 9. The molecule has 0 amide bonds. The van der Waals surface area contributed by atoms with Crippen LogP contribution < -0.4 is 33.8 Å². The number of ether oxygens (including phenoxy) is 5. The molecule has 4 rings (SSSR count). The Labute approximate surface area is 217 Å². The van der Waals surface area contributed by atoms with Gasteiger partial charge in [-0.15, -0.1) is 0 Å². The number of methoxy groups -OCH3 is 4. The number of aromatic nitrogens is 1. The van der Waals surface area contributed by atoms with Gasteiger partial charge in [-0.3, -0.25) is 9.36 Å². The highest BCUT2D eigenvalue weighted by atomic mass is 32.1. The third-order valence-corrected chi connectivity index (χ3v) is 6.94. The maximum Gasteiger partial charge on any atom is 0.338 e. The van der Waals surface area contributed by atoms with Gasteiger partial charge in [-0.25, -0.2) is 9.79 Å². The molecule has 2 aromatic carbocycles. The number of esters is 1. The van der Waals surface area contributed by atoms with Crippen molar-refractivity contribution in [2.45, 2.75) is 19.9 Å². The minimum Gasteiger partial charge on any atom is -0.497 e. The van der Waals surface area contributed by atoms with Gasteiger partial charge >= 0.3 is 5.97 Å². The van der Waals surface area contributed by atoms with E-state index in [4.69, 9.17) is 23.7 Å². The van der Waals surface area contributed by atoms with Gasteiger partial charge in [0.05, 0.1) is 50.8 Å². The number of fused-ring (bicyclic) bond motifs is 1. The van der Waals surface area contributed by atoms with Crippen LogP contribution in [-0.2, 0) is 9.53 Å². The molecule has 0 saturated carbocycles. The Hall–Kier alpha value is -4.05. The van der Waals surface area contributed by atoms with Crippen LogP contribution in [0, 0.1) is 0 Å². The fraction of sp³-hybridized carbons (Fsp3) is 0.296. The van der Waals surface area contributed by atoms with Crippen LogP contribution in [0.15, 0.2) is 57.5 Å². The van der Waals surface area contributed by atoms with E-state index in [1.54, 1.807) is 71.6 Å². The zero-order chi connectivity index (χ0) is 26.7. The second-order valence-corrected chi connectivity index (χ2v) is 9.03. The van der Waals surface area contributed by atoms with E-state index in [1.807, 2.05) is 6.07 Å². The van der Waals surface area contributed by atoms with Gasteiger partial charge in [0.2, 0.25) is 0 Å². The van der Waals surface area contributed by atoms with E-state index in [-0.39, 0.29) is 17.7 Å². The highest BCUT2D eigenvalue weighted by molar-refractivity contribution is 7.07. The van der Waals surface area contributed by atoms with Gasteiger partial charge < -0.3 is 23.7 Å². The summed E-state index contributed by atoms with van der Waals surface area (Å²) in [5.74, 6) is 1.64. The van der Waals surface area contributed by atoms with Gasteiger partial charge in [-0.05, 0) is 49.8 Å². The van der Waals surface area contributed by atoms with Crippen molar-refractivity contribution < 1.29 is 28.5 Å². The largest absolute Gasteiger partial charge is 0.497 e. The molecule has 0 spiro atoms. The van der Waals surface area contributed by atoms with Gasteiger partial charge in [-0.2, -0.15) is 0 Å². The van der Waals surface area contributed by atoms with Crippen LogP contribution in [0.1, 0.15) is 31.0 Å². The van der Waals surface area contributed by atoms with E-state index in [0.717, 1.165) is 5.56 Å². The first kappa shape index (κ1) is 26.0. The molecule has 194 valence electrons. The van der Waals surface area contributed by atoms with Crippen molar-refractivity contribution in [1.82, 2.24) is 4.57 Å². The smallest absolute Gasteiger partial charge is 0.338 e. The van der Waals surface area contributed by atoms with E-state index < -0.39 is 12.0 Å². The fourth-order valence-corrected chi connectivity index (χ4v) is 5.27. The summed E-state index contributed by atoms with van der Waals surface area (Å²) >= 11 is 1.23. The van der Waals surface area contributed by atoms with Crippen LogP contribution in [-0.4, -0.2) is 45.6 Å². The summed E-state index contributed by atoms with van der Waals surface area (Å²) in [6.07, 6.45) is 1.76. The summed E-state index contributed by atoms with van der Waals surface area (Å²) in [7, 11) is 6.20. The summed E-state index contributed by atoms with van der Waals surface area (Å²) in [6.45, 7) is 3.65. The molecule has 2 heterocycles. The normalized spacial score (nSPS) is 15.1. The molecule has 0 aliphatic carbocycles. The van der Waals surface area contributed by atoms with E-state index in [0.29, 0.717) is 43.6 Å². The summed E-state index contributed by atoms with van der Waals surface area (Å²) in [5.41, 5.74) is 1.81. The molecule has 1 aromatic heterocycles. The predicted molar refractivity (Wildman–Crippen MR) is 139 cm³/mol. The molecule has 0 radical (unpaired) electrons. The van der Waals surface area contributed by atoms with E-state index in [1.165, 1.54) is 23.0 Å². The van der Waals surface area contributed by atoms with Gasteiger partial charge in [-0.1, -0.05) is 17.4 Å². The lowest BCUT2D eigenvalue weighted by atomic mass is 9.95. The number of nitrogens with zero attached hydrogens (tertiary/aromatic N) is 2. The van der Waals surface area contributed by atoms with Crippen LogP contribution in [0.2, 0.25) is 0 Å². The summed E-state index contributed by atoms with van der Waals surface area (Å²) < 4.78 is 29.0. The third-order valence-electron chi connectivity index (χ3n) is 5.96. The van der Waals surface area contributed by atoms with Crippen molar-refractivity contribution in [3.8, 4) is 23.0 Å². The highest BCUT2D eigenvalue weighted by Crippen LogP contribution is 2.37. The Morgan fingerprint density at radius 1 is 1.00 bits per heavy atom. The van der Waals surface area contributed by atoms with E-state index >= 15 is 0 Å². The number of hydrogen-bond donors (Lipinski definition) is 0. The van der Waals surface area contributed by atoms with Gasteiger partial charge in [0, 0.05) is 11.6 Å². The SMILES string of the molecule is CCOC(=O)C1=C(C)N=c2sc(=Cc3ccc(OC)c(OC)c3)c(=O)n2C1c1ccc(OC)cc1OC. The third kappa shape index (κ3) is 4.84. The zero-order valence-corrected chi connectivity index (χ0v) is 22.3. The summed E-state index contributed by atoms with van der Waals surface area (Å²) in [6, 6.07) is 9.85. The molecule has 1 aliphatic rings. The number of carbonyl (C=O) groups is 1. The molecule has 1 atom stereocenters. The second kappa shape index (κ2) is 10.9. The summed E-state index contributed by atoms with van der Waals surface area (Å²) in [5, 5.41) is 0. The van der Waals surface area contributed by atoms with Crippen molar-refractivity contribution in [3.05, 3.63) is 78.5 Å². The molecule has 3 aromatic rings. The molecular formula is C27H28N2O7S. The predicted octanol–water partition coefficient (Wildman–Crippen LogP) is 2.83. The Balaban J connectivity index is 1.97. The number of rotatable bonds is 8. The second-order valence-electron chi connectivity index (χ2n) is 8.02. The molecular weight excluding hydrogens is 496 g/mol. The maximum atomic E-state index is 13.8. The molecule has 1 aliphatic heterocycles. The van der Waals surface area contributed by atoms with Crippen LogP contribution in [0.3, 0.4) is 0 Å². The van der Waals surface area contributed by atoms with Crippen LogP contribution in [0.25, 0.3) is 6.08 Å². The fourth-order valence-electron chi connectivity index (χ4n) is 4.22. The van der Waals surface area contributed by atoms with Gasteiger partial charge in [0.15, 0.2) is 16.3 Å². The number of carbonyl (C=O) groups excluding carboxylic acids is 1. The zero-order valence-electron chi connectivity index (χ0n) is 21.5. The Morgan fingerprint density at radius 2 is 1.73 bits per heavy atom. The Kier molecular flexibility index (Phi) is 7.68. The maximum absolute atomic E-state index is 13.8. The molecule has 37 heavy (non-hydrogen) atoms. The number of thiazole rings is 1. The molecule has 0 N–H and O–H groups in total. The topological polar surface area (TPSA) is 97.6 Å². The number of benzene rings is 2. The first-order valence-corrected chi connectivity index (χ1v) is 12.3. The first-order chi connectivity index (χ1) is 17.9. The molecule has 0 bridgehead atoms. The molecule has 10 heteroatoms. The highest BCUT2D eigenvalue weighted by Gasteiger charge is 2.35. The van der Waals surface area contributed by atoms with Crippen molar-refractivity contribution >= 4 is 23.4 Å². The monoisotopic (exact) mass is 524 g/mol. The minimum atomic E-state index is -0.802. The molecule has 0 fully saturated rings. The summed E-state index contributed by atoms with van der Waals surface area (Å²) in [4.78, 5) is 32.0. The average Bonchev–Trinajstić information content (AvgIpc) is 3.21. The van der Waals surface area contributed by atoms with Crippen LogP contribution >= 0.6 is 11.3 Å². The van der Waals surface area contributed by atoms with Crippen molar-refractivity contribution in [2.24, 2.45) is 4.99 Å². The van der Waals surface area contributed by atoms with Crippen molar-refractivity contribution in [1.29, 1.82) is 0 Å². The molecule has 0 saturated heterocycles.